The number of rotatable bonds is 2. The highest BCUT2D eigenvalue weighted by molar-refractivity contribution is 5.66. The summed E-state index contributed by atoms with van der Waals surface area (Å²) in [5, 5.41) is 0. The molecule has 0 bridgehead atoms. The largest absolute Gasteiger partial charge is 0.398 e. The van der Waals surface area contributed by atoms with Gasteiger partial charge in [-0.25, -0.2) is 0 Å². The Hall–Kier alpha value is -1.96. The first-order valence-corrected chi connectivity index (χ1v) is 5.88. The predicted molar refractivity (Wildman–Crippen MR) is 78.5 cm³/mol. The number of hydrogen-bond acceptors (Lipinski definition) is 1. The van der Waals surface area contributed by atoms with Gasteiger partial charge in [-0.05, 0) is 42.8 Å². The topological polar surface area (TPSA) is 30.9 Å². The maximum atomic E-state index is 5.81. The van der Waals surface area contributed by atoms with Gasteiger partial charge < -0.3 is 10.3 Å². The second-order valence-corrected chi connectivity index (χ2v) is 3.54. The average Bonchev–Trinajstić information content (AvgIpc) is 2.79. The molecular weight excluding hydrogens is 208 g/mol. The molecule has 1 aromatic heterocycles. The van der Waals surface area contributed by atoms with Crippen molar-refractivity contribution < 1.29 is 1.43 Å². The van der Waals surface area contributed by atoms with E-state index in [9.17, 15) is 0 Å². The Labute approximate surface area is 105 Å². The van der Waals surface area contributed by atoms with E-state index in [2.05, 4.69) is 24.1 Å². The number of anilines is 1. The van der Waals surface area contributed by atoms with Crippen molar-refractivity contribution in [2.24, 2.45) is 0 Å². The summed E-state index contributed by atoms with van der Waals surface area (Å²) >= 11 is 0. The molecule has 0 amide bonds. The molecule has 2 nitrogen and oxygen atoms in total. The Bertz CT molecular complexity index is 501. The fourth-order valence-electron chi connectivity index (χ4n) is 1.64. The smallest absolute Gasteiger partial charge is 0.0459 e. The van der Waals surface area contributed by atoms with Crippen molar-refractivity contribution in [2.75, 3.05) is 5.73 Å². The van der Waals surface area contributed by atoms with Gasteiger partial charge in [-0.1, -0.05) is 26.5 Å². The van der Waals surface area contributed by atoms with Gasteiger partial charge in [0.25, 0.3) is 0 Å². The molecule has 0 atom stereocenters. The summed E-state index contributed by atoms with van der Waals surface area (Å²) in [5.74, 6) is 0. The van der Waals surface area contributed by atoms with Gasteiger partial charge in [0.05, 0.1) is 0 Å². The van der Waals surface area contributed by atoms with E-state index < -0.39 is 0 Å². The van der Waals surface area contributed by atoms with Crippen LogP contribution in [0.25, 0.3) is 11.8 Å². The average molecular weight is 230 g/mol. The summed E-state index contributed by atoms with van der Waals surface area (Å²) in [5.41, 5.74) is 9.86. The molecule has 0 unspecified atom stereocenters. The minimum atomic E-state index is 0. The molecule has 0 saturated heterocycles. The molecule has 2 rings (SSSR count). The fraction of sp³-hybridized carbons (Fsp3) is 0.200. The van der Waals surface area contributed by atoms with E-state index in [4.69, 9.17) is 5.73 Å². The maximum Gasteiger partial charge on any atom is 0.0459 e. The number of hydrogen-bond donors (Lipinski definition) is 1. The fourth-order valence-corrected chi connectivity index (χ4v) is 1.64. The molecule has 0 fully saturated rings. The van der Waals surface area contributed by atoms with Crippen molar-refractivity contribution >= 4 is 11.8 Å². The summed E-state index contributed by atoms with van der Waals surface area (Å²) < 4.78 is 2.12. The Morgan fingerprint density at radius 1 is 1.29 bits per heavy atom. The zero-order valence-corrected chi connectivity index (χ0v) is 10.8. The zero-order chi connectivity index (χ0) is 12.8. The molecule has 0 aliphatic rings. The molecule has 17 heavy (non-hydrogen) atoms. The van der Waals surface area contributed by atoms with Gasteiger partial charge in [0.15, 0.2) is 0 Å². The lowest BCUT2D eigenvalue weighted by atomic mass is 10.1. The Kier molecular flexibility index (Phi) is 4.58. The molecular formula is C15H22N2. The highest BCUT2D eigenvalue weighted by atomic mass is 15.0. The van der Waals surface area contributed by atoms with Crippen LogP contribution in [-0.2, 0) is 0 Å². The Balaban J connectivity index is 0.000000917. The second-order valence-electron chi connectivity index (χ2n) is 3.54. The van der Waals surface area contributed by atoms with Crippen LogP contribution in [-0.4, -0.2) is 4.57 Å². The van der Waals surface area contributed by atoms with E-state index in [1.807, 2.05) is 44.3 Å². The van der Waals surface area contributed by atoms with Crippen molar-refractivity contribution in [3.8, 4) is 5.69 Å². The number of aryl methyl sites for hydroxylation is 1. The van der Waals surface area contributed by atoms with Crippen LogP contribution in [0, 0.1) is 6.92 Å². The first-order valence-electron chi connectivity index (χ1n) is 5.88. The quantitative estimate of drug-likeness (QED) is 0.767. The molecule has 2 aromatic rings. The molecule has 0 saturated carbocycles. The Morgan fingerprint density at radius 3 is 2.53 bits per heavy atom. The molecule has 0 aliphatic heterocycles. The van der Waals surface area contributed by atoms with Crippen molar-refractivity contribution in [3.05, 3.63) is 54.4 Å². The second kappa shape index (κ2) is 5.94. The van der Waals surface area contributed by atoms with Crippen LogP contribution in [0.4, 0.5) is 5.69 Å². The number of nitrogen functional groups attached to an aromatic ring is 1. The zero-order valence-electron chi connectivity index (χ0n) is 10.8. The summed E-state index contributed by atoms with van der Waals surface area (Å²) in [6.07, 6.45) is 3.81. The Morgan fingerprint density at radius 2 is 2.00 bits per heavy atom. The monoisotopic (exact) mass is 230 g/mol. The highest BCUT2D eigenvalue weighted by Crippen LogP contribution is 2.19. The summed E-state index contributed by atoms with van der Waals surface area (Å²) in [4.78, 5) is 0. The number of aromatic nitrogens is 1. The van der Waals surface area contributed by atoms with Crippen molar-refractivity contribution in [1.82, 2.24) is 4.57 Å². The van der Waals surface area contributed by atoms with Crippen LogP contribution >= 0.6 is 0 Å². The number of benzene rings is 1. The van der Waals surface area contributed by atoms with E-state index in [0.717, 1.165) is 16.9 Å². The minimum absolute atomic E-state index is 0. The number of nitrogens with two attached hydrogens (primary N) is 1. The van der Waals surface area contributed by atoms with Crippen molar-refractivity contribution in [1.29, 1.82) is 0 Å². The summed E-state index contributed by atoms with van der Waals surface area (Å²) in [6.45, 7) is 9.82. The molecule has 0 aliphatic carbocycles. The molecule has 2 heteroatoms. The van der Waals surface area contributed by atoms with Crippen molar-refractivity contribution in [3.63, 3.8) is 0 Å². The standard InChI is InChI=1S/C13H14N2.C2H6.H2/c1-3-11-9-12(6-7-13(11)14)15-8-4-5-10(15)2;1-2;/h3-9H,1,14H2,2H3;1-2H3;1H. The lowest BCUT2D eigenvalue weighted by molar-refractivity contribution is 1.02. The molecule has 2 N–H and O–H groups in total. The summed E-state index contributed by atoms with van der Waals surface area (Å²) in [6, 6.07) is 10.1. The van der Waals surface area contributed by atoms with Gasteiger partial charge in [-0.15, -0.1) is 0 Å². The van der Waals surface area contributed by atoms with E-state index in [-0.39, 0.29) is 1.43 Å². The molecule has 0 radical (unpaired) electrons. The molecule has 0 spiro atoms. The van der Waals surface area contributed by atoms with Crippen molar-refractivity contribution in [2.45, 2.75) is 20.8 Å². The van der Waals surface area contributed by atoms with Gasteiger partial charge in [0.1, 0.15) is 0 Å². The van der Waals surface area contributed by atoms with E-state index in [1.54, 1.807) is 6.08 Å². The molecule has 1 heterocycles. The van der Waals surface area contributed by atoms with Gasteiger partial charge in [-0.3, -0.25) is 0 Å². The normalized spacial score (nSPS) is 9.35. The lowest BCUT2D eigenvalue weighted by Crippen LogP contribution is -1.97. The van der Waals surface area contributed by atoms with Crippen LogP contribution in [0.3, 0.4) is 0 Å². The lowest BCUT2D eigenvalue weighted by Gasteiger charge is -2.08. The molecule has 92 valence electrons. The SMILES string of the molecule is C=Cc1cc(-n2cccc2C)ccc1N.CC.[HH]. The third-order valence-corrected chi connectivity index (χ3v) is 2.52. The first-order chi connectivity index (χ1) is 8.22. The number of nitrogens with zero attached hydrogens (tertiary/aromatic N) is 1. The van der Waals surface area contributed by atoms with Crippen LogP contribution < -0.4 is 5.73 Å². The van der Waals surface area contributed by atoms with E-state index >= 15 is 0 Å². The van der Waals surface area contributed by atoms with Crippen LogP contribution in [0.2, 0.25) is 0 Å². The van der Waals surface area contributed by atoms with Gasteiger partial charge in [0, 0.05) is 24.7 Å². The minimum Gasteiger partial charge on any atom is -0.398 e. The third-order valence-electron chi connectivity index (χ3n) is 2.52. The van der Waals surface area contributed by atoms with Gasteiger partial charge in [0.2, 0.25) is 0 Å². The summed E-state index contributed by atoms with van der Waals surface area (Å²) in [7, 11) is 0. The van der Waals surface area contributed by atoms with Crippen LogP contribution in [0.5, 0.6) is 0 Å². The van der Waals surface area contributed by atoms with Crippen LogP contribution in [0.1, 0.15) is 26.5 Å². The van der Waals surface area contributed by atoms with Crippen LogP contribution in [0.15, 0.2) is 43.1 Å². The van der Waals surface area contributed by atoms with E-state index in [0.29, 0.717) is 0 Å². The highest BCUT2D eigenvalue weighted by Gasteiger charge is 2.01. The predicted octanol–water partition coefficient (Wildman–Crippen LogP) is 4.28. The molecule has 1 aromatic carbocycles. The van der Waals surface area contributed by atoms with Gasteiger partial charge in [-0.2, -0.15) is 0 Å². The third kappa shape index (κ3) is 2.78. The van der Waals surface area contributed by atoms with Gasteiger partial charge >= 0.3 is 0 Å². The van der Waals surface area contributed by atoms with E-state index in [1.165, 1.54) is 5.69 Å². The maximum absolute atomic E-state index is 5.81. The first kappa shape index (κ1) is 13.1.